The molecule has 0 aliphatic carbocycles. The van der Waals surface area contributed by atoms with Crippen LogP contribution in [0.4, 0.5) is 0 Å². The lowest BCUT2D eigenvalue weighted by Crippen LogP contribution is -2.32. The van der Waals surface area contributed by atoms with E-state index in [9.17, 15) is 4.79 Å². The number of hydrogen-bond acceptors (Lipinski definition) is 4. The van der Waals surface area contributed by atoms with Crippen LogP contribution in [0.2, 0.25) is 0 Å². The highest BCUT2D eigenvalue weighted by atomic mass is 79.9. The number of halogens is 1. The quantitative estimate of drug-likeness (QED) is 0.738. The van der Waals surface area contributed by atoms with Gasteiger partial charge in [0, 0.05) is 12.6 Å². The molecule has 1 rings (SSSR count). The number of Topliss-reactive ketones (excluding diaryl/α,β-unsaturated/α-hetero) is 1. The van der Waals surface area contributed by atoms with Gasteiger partial charge in [0.1, 0.15) is 5.69 Å². The van der Waals surface area contributed by atoms with Crippen LogP contribution in [0.15, 0.2) is 10.7 Å². The predicted molar refractivity (Wildman–Crippen MR) is 80.6 cm³/mol. The molecule has 1 N–H and O–H groups in total. The molecule has 1 heterocycles. The van der Waals surface area contributed by atoms with E-state index in [0.29, 0.717) is 24.8 Å². The molecule has 1 unspecified atom stereocenters. The number of nitrogens with zero attached hydrogens (tertiary/aromatic N) is 3. The Balaban J connectivity index is 2.69. The second kappa shape index (κ2) is 7.77. The summed E-state index contributed by atoms with van der Waals surface area (Å²) in [6.07, 6.45) is 2.69. The third-order valence-corrected chi connectivity index (χ3v) is 3.62. The van der Waals surface area contributed by atoms with Crippen LogP contribution in [0.25, 0.3) is 0 Å². The Bertz CT molecular complexity index is 417. The summed E-state index contributed by atoms with van der Waals surface area (Å²) in [6, 6.07) is 0.348. The summed E-state index contributed by atoms with van der Waals surface area (Å²) in [5, 5.41) is 7.47. The van der Waals surface area contributed by atoms with Gasteiger partial charge in [0.05, 0.1) is 23.8 Å². The molecule has 108 valence electrons. The smallest absolute Gasteiger partial charge is 0.195 e. The first kappa shape index (κ1) is 16.3. The molecule has 0 fully saturated rings. The van der Waals surface area contributed by atoms with Gasteiger partial charge in [-0.25, -0.2) is 0 Å². The van der Waals surface area contributed by atoms with Crippen molar-refractivity contribution in [3.8, 4) is 0 Å². The average molecular weight is 331 g/mol. The summed E-state index contributed by atoms with van der Waals surface area (Å²) in [4.78, 5) is 14.3. The molecule has 1 atom stereocenters. The second-order valence-electron chi connectivity index (χ2n) is 4.98. The van der Waals surface area contributed by atoms with Crippen LogP contribution >= 0.6 is 15.9 Å². The van der Waals surface area contributed by atoms with E-state index in [0.717, 1.165) is 17.4 Å². The van der Waals surface area contributed by atoms with Gasteiger partial charge in [-0.2, -0.15) is 5.10 Å². The zero-order valence-corrected chi connectivity index (χ0v) is 13.7. The lowest BCUT2D eigenvalue weighted by atomic mass is 10.2. The predicted octanol–water partition coefficient (Wildman–Crippen LogP) is 1.78. The number of likely N-dealkylation sites (N-methyl/N-ethyl adjacent to an activating group) is 1. The molecule has 0 amide bonds. The minimum absolute atomic E-state index is 0.0726. The number of nitrogens with one attached hydrogen (secondary N) is 1. The summed E-state index contributed by atoms with van der Waals surface area (Å²) in [5.41, 5.74) is 0.651. The largest absolute Gasteiger partial charge is 0.308 e. The maximum atomic E-state index is 12.2. The van der Waals surface area contributed by atoms with E-state index >= 15 is 0 Å². The monoisotopic (exact) mass is 330 g/mol. The zero-order chi connectivity index (χ0) is 14.4. The van der Waals surface area contributed by atoms with Crippen LogP contribution in [0, 0.1) is 0 Å². The van der Waals surface area contributed by atoms with Crippen molar-refractivity contribution in [2.45, 2.75) is 32.9 Å². The lowest BCUT2D eigenvalue weighted by Gasteiger charge is -2.13. The fraction of sp³-hybridized carbons (Fsp3) is 0.692. The Labute approximate surface area is 123 Å². The molecule has 0 bridgehead atoms. The van der Waals surface area contributed by atoms with Crippen molar-refractivity contribution >= 4 is 21.7 Å². The molecular weight excluding hydrogens is 308 g/mol. The molecule has 1 aromatic rings. The van der Waals surface area contributed by atoms with Crippen molar-refractivity contribution in [1.29, 1.82) is 0 Å². The van der Waals surface area contributed by atoms with Gasteiger partial charge in [-0.1, -0.05) is 6.92 Å². The van der Waals surface area contributed by atoms with Crippen molar-refractivity contribution in [3.63, 3.8) is 0 Å². The second-order valence-corrected chi connectivity index (χ2v) is 5.84. The van der Waals surface area contributed by atoms with Crippen molar-refractivity contribution in [2.75, 3.05) is 27.2 Å². The Hall–Kier alpha value is -0.720. The molecule has 19 heavy (non-hydrogen) atoms. The molecule has 0 radical (unpaired) electrons. The van der Waals surface area contributed by atoms with Crippen molar-refractivity contribution in [3.05, 3.63) is 16.4 Å². The van der Waals surface area contributed by atoms with Crippen LogP contribution in [-0.2, 0) is 6.54 Å². The topological polar surface area (TPSA) is 50.2 Å². The van der Waals surface area contributed by atoms with Gasteiger partial charge in [0.25, 0.3) is 0 Å². The molecule has 0 aromatic carbocycles. The summed E-state index contributed by atoms with van der Waals surface area (Å²) in [5.74, 6) is 0.0726. The van der Waals surface area contributed by atoms with Crippen LogP contribution in [0.3, 0.4) is 0 Å². The molecule has 0 spiro atoms. The molecule has 0 saturated carbocycles. The molecule has 6 heteroatoms. The highest BCUT2D eigenvalue weighted by Crippen LogP contribution is 2.16. The number of rotatable bonds is 8. The molecule has 0 aliphatic rings. The van der Waals surface area contributed by atoms with Gasteiger partial charge in [0.2, 0.25) is 0 Å². The SMILES string of the molecule is CCC(C)NCC(=O)c1c(Br)cnn1CCN(C)C. The maximum absolute atomic E-state index is 12.2. The van der Waals surface area contributed by atoms with Gasteiger partial charge in [0.15, 0.2) is 5.78 Å². The first-order chi connectivity index (χ1) is 8.95. The third-order valence-electron chi connectivity index (χ3n) is 3.04. The molecule has 0 saturated heterocycles. The van der Waals surface area contributed by atoms with E-state index in [1.54, 1.807) is 10.9 Å². The van der Waals surface area contributed by atoms with E-state index in [1.165, 1.54) is 0 Å². The van der Waals surface area contributed by atoms with Crippen LogP contribution in [-0.4, -0.2) is 53.7 Å². The Morgan fingerprint density at radius 2 is 2.26 bits per heavy atom. The van der Waals surface area contributed by atoms with Crippen LogP contribution < -0.4 is 5.32 Å². The highest BCUT2D eigenvalue weighted by molar-refractivity contribution is 9.10. The van der Waals surface area contributed by atoms with E-state index in [-0.39, 0.29) is 5.78 Å². The molecule has 5 nitrogen and oxygen atoms in total. The third kappa shape index (κ3) is 5.04. The Morgan fingerprint density at radius 3 is 2.84 bits per heavy atom. The standard InChI is InChI=1S/C13H23BrN4O/c1-5-10(2)15-9-12(19)13-11(14)8-16-18(13)7-6-17(3)4/h8,10,15H,5-7,9H2,1-4H3. The van der Waals surface area contributed by atoms with Crippen LogP contribution in [0.5, 0.6) is 0 Å². The Morgan fingerprint density at radius 1 is 1.58 bits per heavy atom. The van der Waals surface area contributed by atoms with Gasteiger partial charge >= 0.3 is 0 Å². The summed E-state index contributed by atoms with van der Waals surface area (Å²) in [6.45, 7) is 6.09. The van der Waals surface area contributed by atoms with Crippen molar-refractivity contribution in [1.82, 2.24) is 20.0 Å². The van der Waals surface area contributed by atoms with E-state index in [2.05, 4.69) is 45.1 Å². The number of aromatic nitrogens is 2. The summed E-state index contributed by atoms with van der Waals surface area (Å²) in [7, 11) is 4.01. The maximum Gasteiger partial charge on any atom is 0.195 e. The van der Waals surface area contributed by atoms with Gasteiger partial charge in [-0.3, -0.25) is 9.48 Å². The van der Waals surface area contributed by atoms with E-state index < -0.39 is 0 Å². The van der Waals surface area contributed by atoms with Gasteiger partial charge < -0.3 is 10.2 Å². The highest BCUT2D eigenvalue weighted by Gasteiger charge is 2.17. The normalized spacial score (nSPS) is 12.9. The van der Waals surface area contributed by atoms with Gasteiger partial charge in [-0.15, -0.1) is 0 Å². The minimum atomic E-state index is 0.0726. The fourth-order valence-electron chi connectivity index (χ4n) is 1.60. The van der Waals surface area contributed by atoms with Crippen molar-refractivity contribution < 1.29 is 4.79 Å². The number of carbonyl (C=O) groups excluding carboxylic acids is 1. The number of hydrogen-bond donors (Lipinski definition) is 1. The first-order valence-corrected chi connectivity index (χ1v) is 7.37. The molecule has 0 aliphatic heterocycles. The number of ketones is 1. The molecule has 1 aromatic heterocycles. The average Bonchev–Trinajstić information content (AvgIpc) is 2.74. The summed E-state index contributed by atoms with van der Waals surface area (Å²) < 4.78 is 2.53. The first-order valence-electron chi connectivity index (χ1n) is 6.58. The molecular formula is C13H23BrN4O. The number of carbonyl (C=O) groups is 1. The zero-order valence-electron chi connectivity index (χ0n) is 12.1. The van der Waals surface area contributed by atoms with Gasteiger partial charge in [-0.05, 0) is 43.4 Å². The fourth-order valence-corrected chi connectivity index (χ4v) is 2.12. The lowest BCUT2D eigenvalue weighted by molar-refractivity contribution is 0.0975. The van der Waals surface area contributed by atoms with Crippen LogP contribution in [0.1, 0.15) is 30.8 Å². The van der Waals surface area contributed by atoms with E-state index in [1.807, 2.05) is 14.1 Å². The minimum Gasteiger partial charge on any atom is -0.308 e. The van der Waals surface area contributed by atoms with Crippen molar-refractivity contribution in [2.24, 2.45) is 0 Å². The Kier molecular flexibility index (Phi) is 6.68. The summed E-state index contributed by atoms with van der Waals surface area (Å²) >= 11 is 3.40. The van der Waals surface area contributed by atoms with E-state index in [4.69, 9.17) is 0 Å².